The molecule has 2 heterocycles. The second-order valence-electron chi connectivity index (χ2n) is 8.46. The van der Waals surface area contributed by atoms with E-state index in [4.69, 9.17) is 0 Å². The fraction of sp³-hybridized carbons (Fsp3) is 0.700. The maximum atomic E-state index is 13.1. The van der Waals surface area contributed by atoms with Crippen LogP contribution in [0.2, 0.25) is 0 Å². The van der Waals surface area contributed by atoms with Crippen molar-refractivity contribution >= 4 is 11.6 Å². The van der Waals surface area contributed by atoms with Crippen LogP contribution in [-0.4, -0.2) is 55.1 Å². The number of nitrogens with zero attached hydrogens (tertiary/aromatic N) is 3. The highest BCUT2D eigenvalue weighted by atomic mass is 19.4. The van der Waals surface area contributed by atoms with Gasteiger partial charge in [0.2, 0.25) is 5.91 Å². The van der Waals surface area contributed by atoms with Crippen molar-refractivity contribution in [2.75, 3.05) is 32.1 Å². The maximum absolute atomic E-state index is 13.1. The van der Waals surface area contributed by atoms with Gasteiger partial charge in [0.05, 0.1) is 5.92 Å². The van der Waals surface area contributed by atoms with Gasteiger partial charge >= 0.3 is 12.4 Å². The Hall–Kier alpha value is -2.04. The fourth-order valence-electron chi connectivity index (χ4n) is 4.30. The normalized spacial score (nSPS) is 25.5. The molecule has 0 aromatic carbocycles. The molecule has 1 unspecified atom stereocenters. The van der Waals surface area contributed by atoms with Gasteiger partial charge in [0.1, 0.15) is 11.4 Å². The van der Waals surface area contributed by atoms with Gasteiger partial charge in [-0.25, -0.2) is 4.98 Å². The minimum absolute atomic E-state index is 0.0138. The maximum Gasteiger partial charge on any atom is 0.433 e. The van der Waals surface area contributed by atoms with Crippen LogP contribution in [0.3, 0.4) is 0 Å². The van der Waals surface area contributed by atoms with Gasteiger partial charge in [-0.1, -0.05) is 0 Å². The molecule has 2 fully saturated rings. The van der Waals surface area contributed by atoms with Gasteiger partial charge in [0.15, 0.2) is 0 Å². The van der Waals surface area contributed by atoms with E-state index in [1.165, 1.54) is 11.9 Å². The third-order valence-corrected chi connectivity index (χ3v) is 6.15. The first-order valence-electron chi connectivity index (χ1n) is 10.2. The number of carbonyl (C=O) groups is 1. The quantitative estimate of drug-likeness (QED) is 0.704. The number of hydrogen-bond donors (Lipinski definition) is 1. The first kappa shape index (κ1) is 23.6. The summed E-state index contributed by atoms with van der Waals surface area (Å²) in [5.74, 6) is -0.0243. The van der Waals surface area contributed by atoms with E-state index >= 15 is 0 Å². The van der Waals surface area contributed by atoms with Gasteiger partial charge in [0, 0.05) is 31.4 Å². The zero-order valence-electron chi connectivity index (χ0n) is 17.4. The molecular formula is C20H26F6N4O. The van der Waals surface area contributed by atoms with Crippen molar-refractivity contribution in [2.24, 2.45) is 5.92 Å². The standard InChI is InChI=1S/C20H26F6N4O/c1-29-8-7-12(11-29)18(31)27-13-3-5-14(6-4-13)30(2)15-9-16(19(21,22)23)28-17(10-15)20(24,25)26/h9-10,12-14H,3-8,11H2,1-2H3,(H,27,31)/t12?,13-,14+. The molecule has 0 bridgehead atoms. The van der Waals surface area contributed by atoms with Crippen molar-refractivity contribution < 1.29 is 31.1 Å². The predicted octanol–water partition coefficient (Wildman–Crippen LogP) is 3.93. The minimum atomic E-state index is -4.98. The minimum Gasteiger partial charge on any atom is -0.371 e. The lowest BCUT2D eigenvalue weighted by Gasteiger charge is -2.36. The number of pyridine rings is 1. The van der Waals surface area contributed by atoms with Crippen molar-refractivity contribution in [3.8, 4) is 0 Å². The van der Waals surface area contributed by atoms with Crippen LogP contribution in [0.5, 0.6) is 0 Å². The number of carbonyl (C=O) groups excluding carboxylic acids is 1. The second kappa shape index (κ2) is 8.84. The molecule has 1 aliphatic carbocycles. The molecule has 1 amide bonds. The average Bonchev–Trinajstić information content (AvgIpc) is 3.13. The molecule has 0 spiro atoms. The van der Waals surface area contributed by atoms with E-state index < -0.39 is 23.7 Å². The predicted molar refractivity (Wildman–Crippen MR) is 102 cm³/mol. The van der Waals surface area contributed by atoms with Gasteiger partial charge in [0.25, 0.3) is 0 Å². The molecule has 1 atom stereocenters. The summed E-state index contributed by atoms with van der Waals surface area (Å²) in [7, 11) is 3.45. The lowest BCUT2D eigenvalue weighted by Crippen LogP contribution is -2.45. The highest BCUT2D eigenvalue weighted by Crippen LogP contribution is 2.37. The smallest absolute Gasteiger partial charge is 0.371 e. The van der Waals surface area contributed by atoms with Crippen LogP contribution < -0.4 is 10.2 Å². The molecule has 1 aliphatic heterocycles. The summed E-state index contributed by atoms with van der Waals surface area (Å²) in [5.41, 5.74) is -3.30. The Morgan fingerprint density at radius 2 is 1.58 bits per heavy atom. The number of alkyl halides is 6. The van der Waals surface area contributed by atoms with Gasteiger partial charge < -0.3 is 15.1 Å². The summed E-state index contributed by atoms with van der Waals surface area (Å²) < 4.78 is 78.5. The highest BCUT2D eigenvalue weighted by molar-refractivity contribution is 5.79. The molecule has 1 aromatic heterocycles. The molecule has 31 heavy (non-hydrogen) atoms. The summed E-state index contributed by atoms with van der Waals surface area (Å²) in [4.78, 5) is 18.7. The lowest BCUT2D eigenvalue weighted by atomic mass is 9.89. The van der Waals surface area contributed by atoms with Gasteiger partial charge in [-0.05, 0) is 57.8 Å². The Bertz CT molecular complexity index is 757. The number of nitrogens with one attached hydrogen (secondary N) is 1. The number of aromatic nitrogens is 1. The third-order valence-electron chi connectivity index (χ3n) is 6.15. The Balaban J connectivity index is 1.65. The van der Waals surface area contributed by atoms with Crippen LogP contribution in [0.25, 0.3) is 0 Å². The SMILES string of the molecule is CN1CCC(C(=O)N[C@H]2CC[C@@H](N(C)c3cc(C(F)(F)F)nc(C(F)(F)F)c3)CC2)C1. The number of anilines is 1. The van der Waals surface area contributed by atoms with Crippen molar-refractivity contribution in [3.05, 3.63) is 23.5 Å². The van der Waals surface area contributed by atoms with Crippen LogP contribution in [0.1, 0.15) is 43.5 Å². The number of hydrogen-bond acceptors (Lipinski definition) is 4. The van der Waals surface area contributed by atoms with Gasteiger partial charge in [-0.15, -0.1) is 0 Å². The van der Waals surface area contributed by atoms with E-state index in [2.05, 4.69) is 15.2 Å². The summed E-state index contributed by atoms with van der Waals surface area (Å²) in [6.07, 6.45) is -6.81. The first-order valence-corrected chi connectivity index (χ1v) is 10.2. The summed E-state index contributed by atoms with van der Waals surface area (Å²) in [6, 6.07) is 1.05. The highest BCUT2D eigenvalue weighted by Gasteiger charge is 2.40. The van der Waals surface area contributed by atoms with Crippen molar-refractivity contribution in [2.45, 2.75) is 56.5 Å². The molecule has 1 aromatic rings. The van der Waals surface area contributed by atoms with Gasteiger partial charge in [-0.2, -0.15) is 26.3 Å². The fourth-order valence-corrected chi connectivity index (χ4v) is 4.30. The molecule has 3 rings (SSSR count). The molecular weight excluding hydrogens is 426 g/mol. The van der Waals surface area contributed by atoms with Crippen LogP contribution in [0.4, 0.5) is 32.0 Å². The number of rotatable bonds is 4. The molecule has 2 aliphatic rings. The Kier molecular flexibility index (Phi) is 6.73. The molecule has 1 N–H and O–H groups in total. The van der Waals surface area contributed by atoms with E-state index in [0.29, 0.717) is 37.8 Å². The molecule has 174 valence electrons. The van der Waals surface area contributed by atoms with Gasteiger partial charge in [-0.3, -0.25) is 4.79 Å². The number of amides is 1. The van der Waals surface area contributed by atoms with E-state index in [-0.39, 0.29) is 29.6 Å². The van der Waals surface area contributed by atoms with E-state index in [1.54, 1.807) is 0 Å². The molecule has 1 saturated heterocycles. The van der Waals surface area contributed by atoms with E-state index in [0.717, 1.165) is 19.5 Å². The summed E-state index contributed by atoms with van der Waals surface area (Å²) in [6.45, 7) is 1.59. The molecule has 1 saturated carbocycles. The number of likely N-dealkylation sites (tertiary alicyclic amines) is 1. The topological polar surface area (TPSA) is 48.5 Å². The van der Waals surface area contributed by atoms with Crippen LogP contribution in [0.15, 0.2) is 12.1 Å². The largest absolute Gasteiger partial charge is 0.433 e. The first-order chi connectivity index (χ1) is 14.3. The Morgan fingerprint density at radius 3 is 2.03 bits per heavy atom. The zero-order chi connectivity index (χ0) is 23.0. The number of halogens is 6. The second-order valence-corrected chi connectivity index (χ2v) is 8.46. The third kappa shape index (κ3) is 5.81. The summed E-state index contributed by atoms with van der Waals surface area (Å²) in [5, 5.41) is 3.05. The van der Waals surface area contributed by atoms with E-state index in [9.17, 15) is 31.1 Å². The molecule has 0 radical (unpaired) electrons. The van der Waals surface area contributed by atoms with Crippen LogP contribution in [-0.2, 0) is 17.1 Å². The van der Waals surface area contributed by atoms with Crippen molar-refractivity contribution in [1.82, 2.24) is 15.2 Å². The lowest BCUT2D eigenvalue weighted by molar-refractivity contribution is -0.150. The average molecular weight is 452 g/mol. The van der Waals surface area contributed by atoms with Crippen molar-refractivity contribution in [1.29, 1.82) is 0 Å². The van der Waals surface area contributed by atoms with Crippen LogP contribution >= 0.6 is 0 Å². The Morgan fingerprint density at radius 1 is 1.03 bits per heavy atom. The van der Waals surface area contributed by atoms with Crippen LogP contribution in [0, 0.1) is 5.92 Å². The zero-order valence-corrected chi connectivity index (χ0v) is 17.4. The summed E-state index contributed by atoms with van der Waals surface area (Å²) >= 11 is 0. The molecule has 5 nitrogen and oxygen atoms in total. The van der Waals surface area contributed by atoms with E-state index in [1.807, 2.05) is 7.05 Å². The Labute approximate surface area is 176 Å². The monoisotopic (exact) mass is 452 g/mol. The van der Waals surface area contributed by atoms with Crippen molar-refractivity contribution in [3.63, 3.8) is 0 Å². The molecule has 11 heteroatoms.